The summed E-state index contributed by atoms with van der Waals surface area (Å²) >= 11 is 0. The average molecular weight is 363 g/mol. The SMILES string of the molecule is C#CC[C@H]1C(=O)N(c2ccc(OC)cc2)C1C(CC=C)OS(C)(=O)=O. The van der Waals surface area contributed by atoms with Crippen molar-refractivity contribution in [3.63, 3.8) is 0 Å². The van der Waals surface area contributed by atoms with Crippen molar-refractivity contribution in [2.75, 3.05) is 18.3 Å². The van der Waals surface area contributed by atoms with Crippen LogP contribution in [0.4, 0.5) is 5.69 Å². The van der Waals surface area contributed by atoms with Crippen molar-refractivity contribution in [1.82, 2.24) is 0 Å². The zero-order valence-electron chi connectivity index (χ0n) is 14.2. The van der Waals surface area contributed by atoms with Gasteiger partial charge in [0.05, 0.1) is 25.3 Å². The lowest BCUT2D eigenvalue weighted by atomic mass is 9.80. The monoisotopic (exact) mass is 363 g/mol. The summed E-state index contributed by atoms with van der Waals surface area (Å²) in [6.45, 7) is 3.65. The largest absolute Gasteiger partial charge is 0.497 e. The third kappa shape index (κ3) is 4.21. The highest BCUT2D eigenvalue weighted by Crippen LogP contribution is 2.39. The molecular formula is C18H21NO5S. The molecule has 2 unspecified atom stereocenters. The van der Waals surface area contributed by atoms with E-state index in [4.69, 9.17) is 15.3 Å². The number of carbonyl (C=O) groups excluding carboxylic acids is 1. The van der Waals surface area contributed by atoms with Crippen LogP contribution in [0.3, 0.4) is 0 Å². The quantitative estimate of drug-likeness (QED) is 0.306. The summed E-state index contributed by atoms with van der Waals surface area (Å²) in [7, 11) is -2.15. The molecule has 0 aliphatic carbocycles. The van der Waals surface area contributed by atoms with Gasteiger partial charge in [-0.05, 0) is 30.7 Å². The molecule has 0 radical (unpaired) electrons. The van der Waals surface area contributed by atoms with E-state index in [0.29, 0.717) is 11.4 Å². The molecule has 0 saturated carbocycles. The Bertz CT molecular complexity index is 779. The minimum Gasteiger partial charge on any atom is -0.497 e. The Hall–Kier alpha value is -2.30. The first-order valence-corrected chi connectivity index (χ1v) is 9.53. The molecule has 1 aliphatic rings. The van der Waals surface area contributed by atoms with Crippen molar-refractivity contribution < 1.29 is 22.1 Å². The number of amides is 1. The number of ether oxygens (including phenoxy) is 1. The van der Waals surface area contributed by atoms with Crippen LogP contribution >= 0.6 is 0 Å². The van der Waals surface area contributed by atoms with Crippen molar-refractivity contribution >= 4 is 21.7 Å². The van der Waals surface area contributed by atoms with Gasteiger partial charge in [-0.25, -0.2) is 0 Å². The average Bonchev–Trinajstić information content (AvgIpc) is 2.56. The molecule has 0 bridgehead atoms. The third-order valence-electron chi connectivity index (χ3n) is 4.03. The fourth-order valence-electron chi connectivity index (χ4n) is 3.00. The van der Waals surface area contributed by atoms with E-state index >= 15 is 0 Å². The molecular weight excluding hydrogens is 342 g/mol. The van der Waals surface area contributed by atoms with Gasteiger partial charge in [0, 0.05) is 12.1 Å². The molecule has 1 saturated heterocycles. The second-order valence-corrected chi connectivity index (χ2v) is 7.38. The van der Waals surface area contributed by atoms with Crippen LogP contribution in [0.15, 0.2) is 36.9 Å². The molecule has 1 amide bonds. The number of hydrogen-bond donors (Lipinski definition) is 0. The van der Waals surface area contributed by atoms with E-state index in [1.807, 2.05) is 0 Å². The molecule has 1 aliphatic heterocycles. The van der Waals surface area contributed by atoms with Gasteiger partial charge in [-0.1, -0.05) is 6.08 Å². The summed E-state index contributed by atoms with van der Waals surface area (Å²) in [5.74, 6) is 2.50. The first-order chi connectivity index (χ1) is 11.8. The summed E-state index contributed by atoms with van der Waals surface area (Å²) in [5.41, 5.74) is 0.634. The Morgan fingerprint density at radius 1 is 1.40 bits per heavy atom. The van der Waals surface area contributed by atoms with Crippen LogP contribution in [-0.4, -0.2) is 39.8 Å². The number of benzene rings is 1. The van der Waals surface area contributed by atoms with Gasteiger partial charge < -0.3 is 9.64 Å². The van der Waals surface area contributed by atoms with Crippen LogP contribution in [0.25, 0.3) is 0 Å². The van der Waals surface area contributed by atoms with Crippen molar-refractivity contribution in [2.45, 2.75) is 25.0 Å². The standard InChI is InChI=1S/C18H21NO5S/c1-5-7-15-17(16(8-6-2)24-25(4,21)22)19(18(15)20)13-9-11-14(23-3)12-10-13/h1,6,9-12,15-17H,2,7-8H2,3-4H3/t15-,16?,17?/m1/s1. The van der Waals surface area contributed by atoms with Crippen LogP contribution < -0.4 is 9.64 Å². The molecule has 0 aromatic heterocycles. The van der Waals surface area contributed by atoms with E-state index in [2.05, 4.69) is 12.5 Å². The normalized spacial score (nSPS) is 21.2. The lowest BCUT2D eigenvalue weighted by Crippen LogP contribution is -2.66. The molecule has 0 N–H and O–H groups in total. The number of carbonyl (C=O) groups is 1. The number of methoxy groups -OCH3 is 1. The Morgan fingerprint density at radius 3 is 2.52 bits per heavy atom. The highest BCUT2D eigenvalue weighted by atomic mass is 32.2. The summed E-state index contributed by atoms with van der Waals surface area (Å²) in [4.78, 5) is 14.1. The second kappa shape index (κ2) is 7.72. The fraction of sp³-hybridized carbons (Fsp3) is 0.389. The Balaban J connectivity index is 2.37. The van der Waals surface area contributed by atoms with E-state index in [1.165, 1.54) is 4.90 Å². The maximum absolute atomic E-state index is 12.6. The van der Waals surface area contributed by atoms with Crippen molar-refractivity contribution in [2.24, 2.45) is 5.92 Å². The van der Waals surface area contributed by atoms with Crippen LogP contribution in [0.5, 0.6) is 5.75 Å². The molecule has 6 nitrogen and oxygen atoms in total. The molecule has 1 aromatic rings. The van der Waals surface area contributed by atoms with Crippen molar-refractivity contribution in [3.05, 3.63) is 36.9 Å². The van der Waals surface area contributed by atoms with E-state index in [-0.39, 0.29) is 18.7 Å². The van der Waals surface area contributed by atoms with Gasteiger partial charge in [0.25, 0.3) is 10.1 Å². The molecule has 3 atom stereocenters. The highest BCUT2D eigenvalue weighted by Gasteiger charge is 2.52. The van der Waals surface area contributed by atoms with Gasteiger partial charge in [-0.3, -0.25) is 8.98 Å². The van der Waals surface area contributed by atoms with Gasteiger partial charge in [0.15, 0.2) is 0 Å². The minimum atomic E-state index is -3.70. The van der Waals surface area contributed by atoms with E-state index in [1.54, 1.807) is 37.5 Å². The van der Waals surface area contributed by atoms with Crippen LogP contribution in [0, 0.1) is 18.3 Å². The number of hydrogen-bond acceptors (Lipinski definition) is 5. The fourth-order valence-corrected chi connectivity index (χ4v) is 3.64. The summed E-state index contributed by atoms with van der Waals surface area (Å²) in [6, 6.07) is 6.45. The summed E-state index contributed by atoms with van der Waals surface area (Å²) in [5, 5.41) is 0. The molecule has 1 heterocycles. The van der Waals surface area contributed by atoms with Crippen LogP contribution in [0.1, 0.15) is 12.8 Å². The zero-order valence-corrected chi connectivity index (χ0v) is 15.0. The topological polar surface area (TPSA) is 72.9 Å². The maximum Gasteiger partial charge on any atom is 0.264 e. The van der Waals surface area contributed by atoms with Gasteiger partial charge in [-0.15, -0.1) is 18.9 Å². The zero-order chi connectivity index (χ0) is 18.6. The number of rotatable bonds is 8. The molecule has 25 heavy (non-hydrogen) atoms. The number of terminal acetylenes is 1. The summed E-state index contributed by atoms with van der Waals surface area (Å²) in [6.07, 6.45) is 7.67. The predicted molar refractivity (Wildman–Crippen MR) is 95.7 cm³/mol. The summed E-state index contributed by atoms with van der Waals surface area (Å²) < 4.78 is 33.6. The van der Waals surface area contributed by atoms with Crippen molar-refractivity contribution in [3.8, 4) is 18.1 Å². The van der Waals surface area contributed by atoms with E-state index < -0.39 is 28.2 Å². The molecule has 134 valence electrons. The van der Waals surface area contributed by atoms with Crippen LogP contribution in [-0.2, 0) is 19.1 Å². The first kappa shape index (κ1) is 19.0. The molecule has 1 aromatic carbocycles. The third-order valence-corrected chi connectivity index (χ3v) is 4.63. The van der Waals surface area contributed by atoms with E-state index in [0.717, 1.165) is 6.26 Å². The molecule has 7 heteroatoms. The lowest BCUT2D eigenvalue weighted by Gasteiger charge is -2.49. The Labute approximate surface area is 148 Å². The Morgan fingerprint density at radius 2 is 2.04 bits per heavy atom. The molecule has 2 rings (SSSR count). The predicted octanol–water partition coefficient (Wildman–Crippen LogP) is 1.97. The minimum absolute atomic E-state index is 0.153. The lowest BCUT2D eigenvalue weighted by molar-refractivity contribution is -0.132. The number of β-lactam (4-membered cyclic amide) rings is 1. The number of nitrogens with zero attached hydrogens (tertiary/aromatic N) is 1. The second-order valence-electron chi connectivity index (χ2n) is 5.77. The highest BCUT2D eigenvalue weighted by molar-refractivity contribution is 7.86. The van der Waals surface area contributed by atoms with Gasteiger partial charge in [0.1, 0.15) is 11.9 Å². The van der Waals surface area contributed by atoms with E-state index in [9.17, 15) is 13.2 Å². The molecule has 0 spiro atoms. The van der Waals surface area contributed by atoms with Gasteiger partial charge >= 0.3 is 0 Å². The van der Waals surface area contributed by atoms with Crippen molar-refractivity contribution in [1.29, 1.82) is 0 Å². The van der Waals surface area contributed by atoms with Gasteiger partial charge in [-0.2, -0.15) is 8.42 Å². The molecule has 1 fully saturated rings. The first-order valence-electron chi connectivity index (χ1n) is 7.72. The number of anilines is 1. The maximum atomic E-state index is 12.6. The smallest absolute Gasteiger partial charge is 0.264 e. The Kier molecular flexibility index (Phi) is 5.88. The van der Waals surface area contributed by atoms with Crippen LogP contribution in [0.2, 0.25) is 0 Å². The van der Waals surface area contributed by atoms with Gasteiger partial charge in [0.2, 0.25) is 5.91 Å².